The third-order valence-electron chi connectivity index (χ3n) is 4.39. The van der Waals surface area contributed by atoms with E-state index in [0.29, 0.717) is 12.0 Å². The van der Waals surface area contributed by atoms with Crippen LogP contribution in [0, 0.1) is 17.0 Å². The number of halogens is 2. The van der Waals surface area contributed by atoms with Crippen molar-refractivity contribution >= 4 is 0 Å². The zero-order valence-corrected chi connectivity index (χ0v) is 11.1. The third-order valence-corrected chi connectivity index (χ3v) is 4.39. The standard InChI is InChI=1S/C15H21F2N/c1-15(8-3-4-9-15)13(18-2)10-11-6-5-7-12(16)14(11)17/h5-7,13,18H,3-4,8-10H2,1-2H3. The predicted octanol–water partition coefficient (Wildman–Crippen LogP) is 3.68. The van der Waals surface area contributed by atoms with Gasteiger partial charge in [0, 0.05) is 6.04 Å². The van der Waals surface area contributed by atoms with Crippen LogP contribution in [0.2, 0.25) is 0 Å². The van der Waals surface area contributed by atoms with Crippen molar-refractivity contribution in [2.24, 2.45) is 5.41 Å². The summed E-state index contributed by atoms with van der Waals surface area (Å²) in [5.41, 5.74) is 0.676. The van der Waals surface area contributed by atoms with Crippen molar-refractivity contribution in [3.05, 3.63) is 35.4 Å². The van der Waals surface area contributed by atoms with Gasteiger partial charge in [-0.15, -0.1) is 0 Å². The Hall–Kier alpha value is -0.960. The Labute approximate surface area is 108 Å². The molecule has 2 rings (SSSR count). The van der Waals surface area contributed by atoms with Gasteiger partial charge in [-0.25, -0.2) is 8.78 Å². The van der Waals surface area contributed by atoms with Crippen LogP contribution in [0.5, 0.6) is 0 Å². The maximum absolute atomic E-state index is 13.7. The fraction of sp³-hybridized carbons (Fsp3) is 0.600. The first-order chi connectivity index (χ1) is 8.57. The second-order valence-electron chi connectivity index (χ2n) is 5.62. The van der Waals surface area contributed by atoms with E-state index in [1.807, 2.05) is 7.05 Å². The van der Waals surface area contributed by atoms with Crippen molar-refractivity contribution in [3.63, 3.8) is 0 Å². The van der Waals surface area contributed by atoms with Gasteiger partial charge in [0.2, 0.25) is 0 Å². The first-order valence-electron chi connectivity index (χ1n) is 6.67. The molecule has 0 heterocycles. The fourth-order valence-corrected chi connectivity index (χ4v) is 3.15. The van der Waals surface area contributed by atoms with Crippen molar-refractivity contribution in [1.29, 1.82) is 0 Å². The second-order valence-corrected chi connectivity index (χ2v) is 5.62. The molecule has 1 atom stereocenters. The van der Waals surface area contributed by atoms with Crippen LogP contribution in [0.3, 0.4) is 0 Å². The predicted molar refractivity (Wildman–Crippen MR) is 69.5 cm³/mol. The van der Waals surface area contributed by atoms with Crippen LogP contribution in [0.25, 0.3) is 0 Å². The molecular formula is C15H21F2N. The molecule has 0 bridgehead atoms. The van der Waals surface area contributed by atoms with Gasteiger partial charge in [-0.05, 0) is 43.4 Å². The number of nitrogens with one attached hydrogen (secondary N) is 1. The van der Waals surface area contributed by atoms with Crippen molar-refractivity contribution < 1.29 is 8.78 Å². The van der Waals surface area contributed by atoms with E-state index in [4.69, 9.17) is 0 Å². The molecule has 1 N–H and O–H groups in total. The summed E-state index contributed by atoms with van der Waals surface area (Å²) in [7, 11) is 1.91. The van der Waals surface area contributed by atoms with E-state index in [0.717, 1.165) is 12.8 Å². The number of rotatable bonds is 4. The number of hydrogen-bond donors (Lipinski definition) is 1. The van der Waals surface area contributed by atoms with Crippen LogP contribution >= 0.6 is 0 Å². The zero-order valence-electron chi connectivity index (χ0n) is 11.1. The van der Waals surface area contributed by atoms with E-state index in [2.05, 4.69) is 12.2 Å². The molecule has 1 fully saturated rings. The van der Waals surface area contributed by atoms with Crippen LogP contribution < -0.4 is 5.32 Å². The first-order valence-corrected chi connectivity index (χ1v) is 6.67. The summed E-state index contributed by atoms with van der Waals surface area (Å²) in [4.78, 5) is 0. The van der Waals surface area contributed by atoms with Gasteiger partial charge < -0.3 is 5.32 Å². The van der Waals surface area contributed by atoms with Gasteiger partial charge in [0.1, 0.15) is 0 Å². The molecule has 0 radical (unpaired) electrons. The average Bonchev–Trinajstić information content (AvgIpc) is 2.79. The largest absolute Gasteiger partial charge is 0.316 e. The Morgan fingerprint density at radius 2 is 1.94 bits per heavy atom. The molecule has 18 heavy (non-hydrogen) atoms. The van der Waals surface area contributed by atoms with Gasteiger partial charge in [-0.2, -0.15) is 0 Å². The fourth-order valence-electron chi connectivity index (χ4n) is 3.15. The third kappa shape index (κ3) is 2.56. The maximum atomic E-state index is 13.7. The Morgan fingerprint density at radius 1 is 1.28 bits per heavy atom. The molecule has 1 aromatic rings. The van der Waals surface area contributed by atoms with Gasteiger partial charge in [0.25, 0.3) is 0 Å². The Morgan fingerprint density at radius 3 is 2.56 bits per heavy atom. The number of hydrogen-bond acceptors (Lipinski definition) is 1. The van der Waals surface area contributed by atoms with Crippen molar-refractivity contribution in [3.8, 4) is 0 Å². The summed E-state index contributed by atoms with van der Waals surface area (Å²) in [5, 5.41) is 3.29. The van der Waals surface area contributed by atoms with Crippen LogP contribution in [0.1, 0.15) is 38.2 Å². The zero-order chi connectivity index (χ0) is 13.2. The lowest BCUT2D eigenvalue weighted by Crippen LogP contribution is -2.42. The molecule has 0 aliphatic heterocycles. The number of benzene rings is 1. The molecule has 100 valence electrons. The smallest absolute Gasteiger partial charge is 0.162 e. The van der Waals surface area contributed by atoms with Gasteiger partial charge in [0.05, 0.1) is 0 Å². The Bertz CT molecular complexity index is 411. The molecule has 1 aromatic carbocycles. The summed E-state index contributed by atoms with van der Waals surface area (Å²) in [6.07, 6.45) is 5.35. The second kappa shape index (κ2) is 5.35. The van der Waals surface area contributed by atoms with Gasteiger partial charge in [0.15, 0.2) is 11.6 Å². The van der Waals surface area contributed by atoms with Crippen molar-refractivity contribution in [2.45, 2.75) is 45.1 Å². The van der Waals surface area contributed by atoms with E-state index in [1.54, 1.807) is 12.1 Å². The highest BCUT2D eigenvalue weighted by molar-refractivity contribution is 5.20. The lowest BCUT2D eigenvalue weighted by atomic mass is 9.78. The van der Waals surface area contributed by atoms with Crippen LogP contribution in [0.15, 0.2) is 18.2 Å². The summed E-state index contributed by atoms with van der Waals surface area (Å²) in [5.74, 6) is -1.45. The van der Waals surface area contributed by atoms with Gasteiger partial charge >= 0.3 is 0 Å². The van der Waals surface area contributed by atoms with Crippen molar-refractivity contribution in [1.82, 2.24) is 5.32 Å². The molecule has 0 amide bonds. The summed E-state index contributed by atoms with van der Waals surface area (Å²) < 4.78 is 26.9. The normalized spacial score (nSPS) is 20.0. The highest BCUT2D eigenvalue weighted by atomic mass is 19.2. The monoisotopic (exact) mass is 253 g/mol. The minimum Gasteiger partial charge on any atom is -0.316 e. The molecule has 1 aliphatic carbocycles. The van der Waals surface area contributed by atoms with E-state index < -0.39 is 11.6 Å². The molecule has 1 aliphatic rings. The topological polar surface area (TPSA) is 12.0 Å². The van der Waals surface area contributed by atoms with E-state index >= 15 is 0 Å². The molecule has 1 unspecified atom stereocenters. The quantitative estimate of drug-likeness (QED) is 0.863. The molecule has 0 spiro atoms. The minimum atomic E-state index is -0.751. The Balaban J connectivity index is 2.17. The first kappa shape index (κ1) is 13.5. The number of likely N-dealkylation sites (N-methyl/N-ethyl adjacent to an activating group) is 1. The summed E-state index contributed by atoms with van der Waals surface area (Å²) in [6.45, 7) is 2.25. The van der Waals surface area contributed by atoms with Gasteiger partial charge in [-0.1, -0.05) is 31.9 Å². The molecule has 0 aromatic heterocycles. The maximum Gasteiger partial charge on any atom is 0.162 e. The van der Waals surface area contributed by atoms with Crippen LogP contribution in [0.4, 0.5) is 8.78 Å². The Kier molecular flexibility index (Phi) is 4.00. The average molecular weight is 253 g/mol. The SMILES string of the molecule is CNC(Cc1cccc(F)c1F)C1(C)CCCC1. The highest BCUT2D eigenvalue weighted by Crippen LogP contribution is 2.41. The molecule has 3 heteroatoms. The molecular weight excluding hydrogens is 232 g/mol. The van der Waals surface area contributed by atoms with Crippen LogP contribution in [-0.2, 0) is 6.42 Å². The summed E-state index contributed by atoms with van der Waals surface area (Å²) in [6, 6.07) is 4.64. The molecule has 1 nitrogen and oxygen atoms in total. The molecule has 1 saturated carbocycles. The van der Waals surface area contributed by atoms with Crippen molar-refractivity contribution in [2.75, 3.05) is 7.05 Å². The lowest BCUT2D eigenvalue weighted by molar-refractivity contribution is 0.227. The van der Waals surface area contributed by atoms with E-state index in [1.165, 1.54) is 18.9 Å². The minimum absolute atomic E-state index is 0.202. The van der Waals surface area contributed by atoms with Crippen LogP contribution in [-0.4, -0.2) is 13.1 Å². The highest BCUT2D eigenvalue weighted by Gasteiger charge is 2.36. The summed E-state index contributed by atoms with van der Waals surface area (Å²) >= 11 is 0. The molecule has 0 saturated heterocycles. The van der Waals surface area contributed by atoms with E-state index in [-0.39, 0.29) is 11.5 Å². The van der Waals surface area contributed by atoms with E-state index in [9.17, 15) is 8.78 Å². The van der Waals surface area contributed by atoms with Gasteiger partial charge in [-0.3, -0.25) is 0 Å². The lowest BCUT2D eigenvalue weighted by Gasteiger charge is -2.34.